The number of fused-ring (bicyclic) bond motifs is 1. The lowest BCUT2D eigenvalue weighted by atomic mass is 10.0. The number of hydrogen-bond donors (Lipinski definition) is 3. The molecule has 0 saturated carbocycles. The van der Waals surface area contributed by atoms with Crippen molar-refractivity contribution >= 4 is 34.8 Å². The van der Waals surface area contributed by atoms with E-state index in [-0.39, 0.29) is 23.6 Å². The fraction of sp³-hybridized carbons (Fsp3) is 0.200. The van der Waals surface area contributed by atoms with Gasteiger partial charge in [-0.2, -0.15) is 0 Å². The lowest BCUT2D eigenvalue weighted by molar-refractivity contribution is 0.0985. The molecule has 1 atom stereocenters. The average molecular weight is 450 g/mol. The fourth-order valence-corrected chi connectivity index (χ4v) is 4.22. The minimum Gasteiger partial charge on any atom is -0.508 e. The molecule has 1 aliphatic heterocycles. The molecule has 6 nitrogen and oxygen atoms in total. The van der Waals surface area contributed by atoms with E-state index in [4.69, 9.17) is 11.6 Å². The van der Waals surface area contributed by atoms with Gasteiger partial charge in [0.05, 0.1) is 10.6 Å². The molecule has 2 amide bonds. The highest BCUT2D eigenvalue weighted by Crippen LogP contribution is 2.36. The summed E-state index contributed by atoms with van der Waals surface area (Å²) in [6, 6.07) is 18.8. The van der Waals surface area contributed by atoms with Gasteiger partial charge in [0.2, 0.25) is 0 Å². The van der Waals surface area contributed by atoms with E-state index >= 15 is 0 Å². The average Bonchev–Trinajstić information content (AvgIpc) is 2.98. The number of nitrogens with zero attached hydrogens (tertiary/aromatic N) is 1. The van der Waals surface area contributed by atoms with E-state index in [1.54, 1.807) is 71.6 Å². The van der Waals surface area contributed by atoms with Gasteiger partial charge in [0.1, 0.15) is 5.75 Å². The molecule has 1 aliphatic rings. The molecule has 32 heavy (non-hydrogen) atoms. The van der Waals surface area contributed by atoms with Crippen molar-refractivity contribution in [2.75, 3.05) is 23.8 Å². The van der Waals surface area contributed by atoms with Crippen molar-refractivity contribution < 1.29 is 14.7 Å². The third-order valence-corrected chi connectivity index (χ3v) is 5.98. The lowest BCUT2D eigenvalue weighted by Gasteiger charge is -2.24. The summed E-state index contributed by atoms with van der Waals surface area (Å²) < 4.78 is 0. The van der Waals surface area contributed by atoms with Gasteiger partial charge in [0.25, 0.3) is 11.8 Å². The van der Waals surface area contributed by atoms with E-state index < -0.39 is 0 Å². The first kappa shape index (κ1) is 21.9. The minimum atomic E-state index is -0.311. The van der Waals surface area contributed by atoms with Gasteiger partial charge in [0, 0.05) is 29.5 Å². The molecule has 0 fully saturated rings. The molecule has 0 aromatic heterocycles. The van der Waals surface area contributed by atoms with Gasteiger partial charge in [-0.15, -0.1) is 0 Å². The Morgan fingerprint density at radius 2 is 1.81 bits per heavy atom. The molecule has 4 rings (SSSR count). The second kappa shape index (κ2) is 9.42. The van der Waals surface area contributed by atoms with Gasteiger partial charge in [-0.1, -0.05) is 23.7 Å². The second-order valence-electron chi connectivity index (χ2n) is 7.69. The summed E-state index contributed by atoms with van der Waals surface area (Å²) in [7, 11) is 1.88. The largest absolute Gasteiger partial charge is 0.508 e. The van der Waals surface area contributed by atoms with Crippen LogP contribution in [0, 0.1) is 0 Å². The van der Waals surface area contributed by atoms with E-state index in [2.05, 4.69) is 10.6 Å². The standard InChI is InChI=1S/C25H24ClN3O3/c1-27-22-7-4-14-29(23-13-12-18(30)15-20(22)23)25(32)16-8-10-17(11-9-16)28-24(31)19-5-2-3-6-21(19)26/h2-3,5-6,8-13,15,22,27,30H,4,7,14H2,1H3,(H,28,31). The maximum Gasteiger partial charge on any atom is 0.258 e. The summed E-state index contributed by atoms with van der Waals surface area (Å²) >= 11 is 6.09. The number of phenolic OH excluding ortho intramolecular Hbond substituents is 1. The van der Waals surface area contributed by atoms with E-state index in [9.17, 15) is 14.7 Å². The van der Waals surface area contributed by atoms with Crippen molar-refractivity contribution in [2.24, 2.45) is 0 Å². The number of amides is 2. The number of carbonyl (C=O) groups excluding carboxylic acids is 2. The Hall–Kier alpha value is -3.35. The highest BCUT2D eigenvalue weighted by atomic mass is 35.5. The number of carbonyl (C=O) groups is 2. The van der Waals surface area contributed by atoms with Gasteiger partial charge < -0.3 is 20.6 Å². The molecule has 0 saturated heterocycles. The zero-order valence-corrected chi connectivity index (χ0v) is 18.4. The second-order valence-corrected chi connectivity index (χ2v) is 8.10. The molecule has 3 aromatic rings. The number of aromatic hydroxyl groups is 1. The topological polar surface area (TPSA) is 81.7 Å². The summed E-state index contributed by atoms with van der Waals surface area (Å²) in [5.74, 6) is -0.261. The normalized spacial score (nSPS) is 15.6. The van der Waals surface area contributed by atoms with Crippen molar-refractivity contribution in [1.29, 1.82) is 0 Å². The van der Waals surface area contributed by atoms with E-state index in [1.165, 1.54) is 0 Å². The molecule has 3 N–H and O–H groups in total. The van der Waals surface area contributed by atoms with Crippen LogP contribution in [0.1, 0.15) is 45.2 Å². The molecule has 0 aliphatic carbocycles. The first-order valence-corrected chi connectivity index (χ1v) is 10.8. The van der Waals surface area contributed by atoms with Crippen LogP contribution in [0.4, 0.5) is 11.4 Å². The zero-order valence-electron chi connectivity index (χ0n) is 17.6. The summed E-state index contributed by atoms with van der Waals surface area (Å²) in [5, 5.41) is 16.4. The van der Waals surface area contributed by atoms with Crippen LogP contribution in [-0.2, 0) is 0 Å². The Labute approximate surface area is 191 Å². The number of anilines is 2. The number of hydrogen-bond acceptors (Lipinski definition) is 4. The Bertz CT molecular complexity index is 1150. The van der Waals surface area contributed by atoms with Crippen LogP contribution in [-0.4, -0.2) is 30.5 Å². The highest BCUT2D eigenvalue weighted by molar-refractivity contribution is 6.34. The molecule has 1 unspecified atom stereocenters. The van der Waals surface area contributed by atoms with E-state index in [0.29, 0.717) is 28.4 Å². The van der Waals surface area contributed by atoms with Gasteiger partial charge in [0.15, 0.2) is 0 Å². The van der Waals surface area contributed by atoms with Crippen LogP contribution < -0.4 is 15.5 Å². The number of rotatable bonds is 4. The van der Waals surface area contributed by atoms with Gasteiger partial charge in [-0.25, -0.2) is 0 Å². The molecular formula is C25H24ClN3O3. The van der Waals surface area contributed by atoms with Gasteiger partial charge in [-0.05, 0) is 80.1 Å². The van der Waals surface area contributed by atoms with Crippen LogP contribution in [0.15, 0.2) is 66.7 Å². The quantitative estimate of drug-likeness (QED) is 0.523. The van der Waals surface area contributed by atoms with Crippen molar-refractivity contribution in [3.8, 4) is 5.75 Å². The highest BCUT2D eigenvalue weighted by Gasteiger charge is 2.27. The van der Waals surface area contributed by atoms with Crippen LogP contribution in [0.5, 0.6) is 5.75 Å². The Morgan fingerprint density at radius 1 is 1.06 bits per heavy atom. The van der Waals surface area contributed by atoms with Crippen molar-refractivity contribution in [1.82, 2.24) is 5.32 Å². The fourth-order valence-electron chi connectivity index (χ4n) is 4.00. The SMILES string of the molecule is CNC1CCCN(C(=O)c2ccc(NC(=O)c3ccccc3Cl)cc2)c2ccc(O)cc21. The van der Waals surface area contributed by atoms with E-state index in [0.717, 1.165) is 24.1 Å². The van der Waals surface area contributed by atoms with Crippen LogP contribution in [0.3, 0.4) is 0 Å². The number of nitrogens with one attached hydrogen (secondary N) is 2. The van der Waals surface area contributed by atoms with Crippen molar-refractivity contribution in [3.05, 3.63) is 88.4 Å². The monoisotopic (exact) mass is 449 g/mol. The summed E-state index contributed by atoms with van der Waals surface area (Å²) in [6.45, 7) is 0.583. The molecule has 7 heteroatoms. The summed E-state index contributed by atoms with van der Waals surface area (Å²) in [4.78, 5) is 27.6. The third-order valence-electron chi connectivity index (χ3n) is 5.65. The number of benzene rings is 3. The molecule has 0 radical (unpaired) electrons. The molecule has 1 heterocycles. The predicted octanol–water partition coefficient (Wildman–Crippen LogP) is 5.00. The van der Waals surface area contributed by atoms with Crippen LogP contribution in [0.25, 0.3) is 0 Å². The van der Waals surface area contributed by atoms with Gasteiger partial charge in [-0.3, -0.25) is 9.59 Å². The van der Waals surface area contributed by atoms with Crippen LogP contribution in [0.2, 0.25) is 5.02 Å². The predicted molar refractivity (Wildman–Crippen MR) is 127 cm³/mol. The maximum atomic E-state index is 13.3. The maximum absolute atomic E-state index is 13.3. The van der Waals surface area contributed by atoms with Crippen molar-refractivity contribution in [2.45, 2.75) is 18.9 Å². The summed E-state index contributed by atoms with van der Waals surface area (Å²) in [6.07, 6.45) is 1.70. The summed E-state index contributed by atoms with van der Waals surface area (Å²) in [5.41, 5.74) is 3.17. The minimum absolute atomic E-state index is 0.0669. The number of halogens is 1. The zero-order chi connectivity index (χ0) is 22.7. The first-order chi connectivity index (χ1) is 15.5. The lowest BCUT2D eigenvalue weighted by Crippen LogP contribution is -2.31. The smallest absolute Gasteiger partial charge is 0.258 e. The third kappa shape index (κ3) is 4.47. The number of phenols is 1. The Balaban J connectivity index is 1.55. The van der Waals surface area contributed by atoms with E-state index in [1.807, 2.05) is 7.05 Å². The van der Waals surface area contributed by atoms with Gasteiger partial charge >= 0.3 is 0 Å². The van der Waals surface area contributed by atoms with Crippen LogP contribution >= 0.6 is 11.6 Å². The molecule has 0 bridgehead atoms. The first-order valence-electron chi connectivity index (χ1n) is 10.5. The Morgan fingerprint density at radius 3 is 2.53 bits per heavy atom. The van der Waals surface area contributed by atoms with Crippen molar-refractivity contribution in [3.63, 3.8) is 0 Å². The molecule has 3 aromatic carbocycles. The molecular weight excluding hydrogens is 426 g/mol. The Kier molecular flexibility index (Phi) is 6.44. The molecule has 0 spiro atoms. The molecule has 164 valence electrons.